The summed E-state index contributed by atoms with van der Waals surface area (Å²) in [5, 5.41) is 29.2. The Bertz CT molecular complexity index is 1680. The number of azo groups is 1. The number of nitriles is 1. The Morgan fingerprint density at radius 2 is 1.08 bits per heavy atom. The van der Waals surface area contributed by atoms with E-state index < -0.39 is 11.4 Å². The van der Waals surface area contributed by atoms with E-state index in [1.54, 1.807) is 32.0 Å². The van der Waals surface area contributed by atoms with Crippen molar-refractivity contribution >= 4 is 23.2 Å². The van der Waals surface area contributed by atoms with Crippen LogP contribution >= 0.6 is 0 Å². The minimum Gasteiger partial charge on any atom is -0.493 e. The zero-order chi connectivity index (χ0) is 43.9. The highest BCUT2D eigenvalue weighted by Gasteiger charge is 2.30. The summed E-state index contributed by atoms with van der Waals surface area (Å²) in [6.45, 7) is 23.6. The molecule has 1 heterocycles. The Labute approximate surface area is 357 Å². The molecule has 1 aromatic heterocycles. The molecule has 2 aromatic rings. The number of aromatic nitrogens is 1. The van der Waals surface area contributed by atoms with Crippen LogP contribution in [0.2, 0.25) is 0 Å². The van der Waals surface area contributed by atoms with Crippen LogP contribution in [-0.2, 0) is 6.54 Å². The topological polar surface area (TPSA) is 131 Å². The van der Waals surface area contributed by atoms with Crippen LogP contribution in [0.5, 0.6) is 5.88 Å². The highest BCUT2D eigenvalue weighted by atomic mass is 16.3. The molecule has 1 N–H and O–H groups in total. The average Bonchev–Trinajstić information content (AvgIpc) is 3.24. The monoisotopic (exact) mass is 817 g/mol. The number of rotatable bonds is 29. The number of hydrogen-bond acceptors (Lipinski definition) is 7. The first kappa shape index (κ1) is 51.1. The van der Waals surface area contributed by atoms with E-state index in [0.717, 1.165) is 107 Å². The van der Waals surface area contributed by atoms with Crippen molar-refractivity contribution in [2.24, 2.45) is 33.9 Å². The summed E-state index contributed by atoms with van der Waals surface area (Å²) < 4.78 is 1.10. The van der Waals surface area contributed by atoms with Crippen LogP contribution < -0.4 is 5.56 Å². The van der Waals surface area contributed by atoms with Gasteiger partial charge in [0.15, 0.2) is 5.69 Å². The van der Waals surface area contributed by atoms with Gasteiger partial charge in [-0.15, -0.1) is 5.11 Å². The molecule has 0 saturated heterocycles. The number of hydrogen-bond donors (Lipinski definition) is 1. The van der Waals surface area contributed by atoms with Gasteiger partial charge in [-0.3, -0.25) is 19.0 Å². The van der Waals surface area contributed by atoms with Gasteiger partial charge in [0.1, 0.15) is 11.6 Å². The van der Waals surface area contributed by atoms with E-state index in [4.69, 9.17) is 0 Å². The molecule has 0 aliphatic carbocycles. The zero-order valence-electron chi connectivity index (χ0n) is 38.7. The van der Waals surface area contributed by atoms with Crippen LogP contribution in [0.4, 0.5) is 11.4 Å². The fourth-order valence-electron chi connectivity index (χ4n) is 8.15. The number of pyridine rings is 1. The number of aromatic hydroxyl groups is 1. The summed E-state index contributed by atoms with van der Waals surface area (Å²) >= 11 is 0. The fraction of sp³-hybridized carbons (Fsp3) is 0.714. The predicted molar refractivity (Wildman–Crippen MR) is 243 cm³/mol. The first-order valence-electron chi connectivity index (χ1n) is 23.4. The van der Waals surface area contributed by atoms with Gasteiger partial charge in [0.25, 0.3) is 17.4 Å². The zero-order valence-corrected chi connectivity index (χ0v) is 38.7. The van der Waals surface area contributed by atoms with Crippen molar-refractivity contribution < 1.29 is 14.7 Å². The van der Waals surface area contributed by atoms with E-state index in [2.05, 4.69) is 65.6 Å². The van der Waals surface area contributed by atoms with Crippen molar-refractivity contribution in [2.75, 3.05) is 26.2 Å². The van der Waals surface area contributed by atoms with Crippen LogP contribution in [0.3, 0.4) is 0 Å². The maximum absolute atomic E-state index is 15.3. The van der Waals surface area contributed by atoms with Crippen LogP contribution in [0.1, 0.15) is 197 Å². The molecule has 0 bridgehead atoms. The van der Waals surface area contributed by atoms with Gasteiger partial charge in [0.05, 0.1) is 16.8 Å². The maximum atomic E-state index is 15.3. The maximum Gasteiger partial charge on any atom is 0.281 e. The number of benzene rings is 1. The smallest absolute Gasteiger partial charge is 0.281 e. The molecular formula is C49H80N6O4. The van der Waals surface area contributed by atoms with Crippen molar-refractivity contribution in [3.05, 3.63) is 50.8 Å². The van der Waals surface area contributed by atoms with E-state index in [1.807, 2.05) is 15.9 Å². The molecule has 59 heavy (non-hydrogen) atoms. The second-order valence-corrected chi connectivity index (χ2v) is 16.8. The Morgan fingerprint density at radius 3 is 1.44 bits per heavy atom. The summed E-state index contributed by atoms with van der Waals surface area (Å²) in [5.41, 5.74) is 0.577. The molecule has 0 spiro atoms. The molecule has 2 amide bonds. The lowest BCUT2D eigenvalue weighted by atomic mass is 9.93. The third kappa shape index (κ3) is 15.2. The summed E-state index contributed by atoms with van der Waals surface area (Å²) in [4.78, 5) is 47.9. The van der Waals surface area contributed by atoms with Gasteiger partial charge in [0, 0.05) is 38.3 Å². The number of unbranched alkanes of at least 4 members (excludes halogenated alkanes) is 4. The van der Waals surface area contributed by atoms with E-state index in [9.17, 15) is 15.2 Å². The second-order valence-electron chi connectivity index (χ2n) is 16.8. The van der Waals surface area contributed by atoms with Gasteiger partial charge in [-0.2, -0.15) is 10.4 Å². The second kappa shape index (κ2) is 27.7. The normalized spacial score (nSPS) is 13.6. The molecule has 10 heteroatoms. The van der Waals surface area contributed by atoms with Gasteiger partial charge in [-0.25, -0.2) is 0 Å². The van der Waals surface area contributed by atoms with Gasteiger partial charge in [-0.05, 0) is 81.4 Å². The lowest BCUT2D eigenvalue weighted by molar-refractivity contribution is 0.0646. The Morgan fingerprint density at radius 1 is 0.678 bits per heavy atom. The van der Waals surface area contributed by atoms with E-state index in [-0.39, 0.29) is 35.2 Å². The Kier molecular flexibility index (Phi) is 24.0. The predicted octanol–water partition coefficient (Wildman–Crippen LogP) is 12.9. The highest BCUT2D eigenvalue weighted by Crippen LogP contribution is 2.30. The average molecular weight is 817 g/mol. The van der Waals surface area contributed by atoms with Crippen LogP contribution in [0.15, 0.2) is 33.2 Å². The summed E-state index contributed by atoms with van der Waals surface area (Å²) in [7, 11) is 0. The lowest BCUT2D eigenvalue weighted by Crippen LogP contribution is -2.42. The van der Waals surface area contributed by atoms with Crippen molar-refractivity contribution in [2.45, 2.75) is 179 Å². The summed E-state index contributed by atoms with van der Waals surface area (Å²) in [5.74, 6) is 0.688. The summed E-state index contributed by atoms with van der Waals surface area (Å²) in [6, 6.07) is 7.09. The summed E-state index contributed by atoms with van der Waals surface area (Å²) in [6.07, 6.45) is 16.9. The molecular weight excluding hydrogens is 737 g/mol. The van der Waals surface area contributed by atoms with E-state index in [1.165, 1.54) is 0 Å². The number of carbonyl (C=O) groups is 2. The van der Waals surface area contributed by atoms with Crippen molar-refractivity contribution in [1.82, 2.24) is 14.4 Å². The molecule has 0 aliphatic heterocycles. The SMILES string of the molecule is CCCCC(CC)CN(CC(CC)CCCC)C(=O)c1ccc(N=Nc2c(C)c(C#N)c(O)n(CC)c2=O)cc1C(=O)N(CC(CC)CCCC)CC(CC)CCCC. The Balaban J connectivity index is 2.91. The third-order valence-corrected chi connectivity index (χ3v) is 12.5. The van der Waals surface area contributed by atoms with Crippen LogP contribution in [0.25, 0.3) is 0 Å². The van der Waals surface area contributed by atoms with Crippen molar-refractivity contribution in [1.29, 1.82) is 5.26 Å². The standard InChI is InChI=1S/C49H80N6O4/c1-11-20-24-37(15-5)32-53(33-38(16-6)25-21-12-2)46(56)42-29-28-41(51-52-45-36(10)44(31-50)48(58)55(19-9)49(45)59)30-43(42)47(57)54(34-39(17-7)26-22-13-3)35-40(18-8)27-23-14-4/h28-30,37-40,58H,11-27,32-35H2,1-10H3. The number of amides is 2. The van der Waals surface area contributed by atoms with Gasteiger partial charge >= 0.3 is 0 Å². The van der Waals surface area contributed by atoms with E-state index in [0.29, 0.717) is 66.7 Å². The first-order valence-corrected chi connectivity index (χ1v) is 23.4. The molecule has 0 saturated carbocycles. The largest absolute Gasteiger partial charge is 0.493 e. The quantitative estimate of drug-likeness (QED) is 0.0817. The molecule has 4 atom stereocenters. The minimum atomic E-state index is -0.562. The molecule has 0 radical (unpaired) electrons. The highest BCUT2D eigenvalue weighted by molar-refractivity contribution is 6.07. The van der Waals surface area contributed by atoms with Crippen LogP contribution in [-0.4, -0.2) is 57.5 Å². The molecule has 0 aliphatic rings. The van der Waals surface area contributed by atoms with Gasteiger partial charge in [0.2, 0.25) is 5.88 Å². The molecule has 0 fully saturated rings. The molecule has 10 nitrogen and oxygen atoms in total. The first-order chi connectivity index (χ1) is 28.4. The molecule has 1 aromatic carbocycles. The van der Waals surface area contributed by atoms with Gasteiger partial charge in [-0.1, -0.05) is 132 Å². The molecule has 4 unspecified atom stereocenters. The van der Waals surface area contributed by atoms with Gasteiger partial charge < -0.3 is 14.9 Å². The Hall–Kier alpha value is -4.00. The molecule has 2 rings (SSSR count). The molecule has 330 valence electrons. The van der Waals surface area contributed by atoms with Crippen molar-refractivity contribution in [3.63, 3.8) is 0 Å². The van der Waals surface area contributed by atoms with Crippen LogP contribution in [0, 0.1) is 41.9 Å². The van der Waals surface area contributed by atoms with E-state index >= 15 is 9.59 Å². The number of nitrogens with zero attached hydrogens (tertiary/aromatic N) is 6. The fourth-order valence-corrected chi connectivity index (χ4v) is 8.15. The minimum absolute atomic E-state index is 0.0383. The third-order valence-electron chi connectivity index (χ3n) is 12.5. The van der Waals surface area contributed by atoms with Crippen molar-refractivity contribution in [3.8, 4) is 11.9 Å². The number of carbonyl (C=O) groups excluding carboxylic acids is 2. The lowest BCUT2D eigenvalue weighted by Gasteiger charge is -2.33.